The summed E-state index contributed by atoms with van der Waals surface area (Å²) in [6, 6.07) is 16.3. The monoisotopic (exact) mass is 295 g/mol. The normalized spacial score (nSPS) is 11.0. The van der Waals surface area contributed by atoms with Crippen LogP contribution in [-0.2, 0) is 0 Å². The van der Waals surface area contributed by atoms with Gasteiger partial charge in [0.2, 0.25) is 0 Å². The molecule has 0 spiro atoms. The van der Waals surface area contributed by atoms with E-state index in [2.05, 4.69) is 20.9 Å². The SMILES string of the molecule is CN(C)N=Nc1ccc(C(=O)N/N=C/c2ccccc2)cc1. The molecule has 2 aromatic carbocycles. The van der Waals surface area contributed by atoms with Crippen molar-refractivity contribution in [2.75, 3.05) is 14.1 Å². The van der Waals surface area contributed by atoms with Gasteiger partial charge in [-0.1, -0.05) is 35.6 Å². The number of hydrogen-bond acceptors (Lipinski definition) is 4. The van der Waals surface area contributed by atoms with Crippen molar-refractivity contribution in [1.29, 1.82) is 0 Å². The summed E-state index contributed by atoms with van der Waals surface area (Å²) in [7, 11) is 3.58. The summed E-state index contributed by atoms with van der Waals surface area (Å²) in [6.45, 7) is 0. The third-order valence-corrected chi connectivity index (χ3v) is 2.65. The van der Waals surface area contributed by atoms with Gasteiger partial charge in [0, 0.05) is 19.7 Å². The lowest BCUT2D eigenvalue weighted by Gasteiger charge is -2.02. The van der Waals surface area contributed by atoms with Crippen LogP contribution in [0, 0.1) is 0 Å². The molecule has 0 bridgehead atoms. The minimum Gasteiger partial charge on any atom is -0.285 e. The van der Waals surface area contributed by atoms with Crippen LogP contribution in [0.5, 0.6) is 0 Å². The van der Waals surface area contributed by atoms with E-state index in [-0.39, 0.29) is 5.91 Å². The molecular formula is C16H17N5O. The van der Waals surface area contributed by atoms with E-state index in [9.17, 15) is 4.79 Å². The van der Waals surface area contributed by atoms with Crippen LogP contribution in [-0.4, -0.2) is 31.2 Å². The highest BCUT2D eigenvalue weighted by atomic mass is 16.2. The molecule has 0 aliphatic rings. The molecule has 6 nitrogen and oxygen atoms in total. The van der Waals surface area contributed by atoms with Crippen molar-refractivity contribution in [3.8, 4) is 0 Å². The van der Waals surface area contributed by atoms with E-state index < -0.39 is 0 Å². The number of nitrogens with one attached hydrogen (secondary N) is 1. The quantitative estimate of drug-likeness (QED) is 0.523. The largest absolute Gasteiger partial charge is 0.285 e. The van der Waals surface area contributed by atoms with Gasteiger partial charge in [0.1, 0.15) is 0 Å². The third kappa shape index (κ3) is 4.82. The summed E-state index contributed by atoms with van der Waals surface area (Å²) >= 11 is 0. The van der Waals surface area contributed by atoms with Crippen molar-refractivity contribution >= 4 is 17.8 Å². The maximum absolute atomic E-state index is 11.9. The fraction of sp³-hybridized carbons (Fsp3) is 0.125. The molecule has 0 saturated carbocycles. The van der Waals surface area contributed by atoms with Crippen LogP contribution < -0.4 is 5.43 Å². The highest BCUT2D eigenvalue weighted by Gasteiger charge is 2.03. The number of carbonyl (C=O) groups excluding carboxylic acids is 1. The molecule has 0 atom stereocenters. The van der Waals surface area contributed by atoms with E-state index in [4.69, 9.17) is 0 Å². The molecule has 2 aromatic rings. The fourth-order valence-electron chi connectivity index (χ4n) is 1.59. The van der Waals surface area contributed by atoms with Crippen LogP contribution in [0.1, 0.15) is 15.9 Å². The summed E-state index contributed by atoms with van der Waals surface area (Å²) in [5.41, 5.74) is 4.59. The Balaban J connectivity index is 1.94. The Morgan fingerprint density at radius 2 is 1.73 bits per heavy atom. The molecule has 0 aliphatic heterocycles. The van der Waals surface area contributed by atoms with Gasteiger partial charge in [-0.15, -0.1) is 5.11 Å². The average Bonchev–Trinajstić information content (AvgIpc) is 2.54. The second kappa shape index (κ2) is 7.68. The standard InChI is InChI=1S/C16H17N5O/c1-21(2)20-18-15-10-8-14(9-11-15)16(22)19-17-12-13-6-4-3-5-7-13/h3-12H,1-2H3,(H,19,22)/b17-12+,20-18?. The second-order valence-corrected chi connectivity index (χ2v) is 4.69. The Morgan fingerprint density at radius 1 is 1.05 bits per heavy atom. The molecule has 0 heterocycles. The minimum atomic E-state index is -0.275. The molecule has 2 rings (SSSR count). The molecule has 22 heavy (non-hydrogen) atoms. The van der Waals surface area contributed by atoms with Crippen LogP contribution in [0.2, 0.25) is 0 Å². The number of benzene rings is 2. The maximum atomic E-state index is 11.9. The van der Waals surface area contributed by atoms with Crippen molar-refractivity contribution in [2.45, 2.75) is 0 Å². The Labute approximate surface area is 129 Å². The van der Waals surface area contributed by atoms with Gasteiger partial charge in [0.25, 0.3) is 5.91 Å². The van der Waals surface area contributed by atoms with Gasteiger partial charge in [-0.25, -0.2) is 5.43 Å². The fourth-order valence-corrected chi connectivity index (χ4v) is 1.59. The lowest BCUT2D eigenvalue weighted by molar-refractivity contribution is 0.0955. The molecule has 6 heteroatoms. The smallest absolute Gasteiger partial charge is 0.271 e. The lowest BCUT2D eigenvalue weighted by atomic mass is 10.2. The number of nitrogens with zero attached hydrogens (tertiary/aromatic N) is 4. The first-order valence-electron chi connectivity index (χ1n) is 6.72. The van der Waals surface area contributed by atoms with Crippen LogP contribution in [0.25, 0.3) is 0 Å². The molecule has 0 unspecified atom stereocenters. The van der Waals surface area contributed by atoms with E-state index in [1.165, 1.54) is 0 Å². The minimum absolute atomic E-state index is 0.275. The van der Waals surface area contributed by atoms with Gasteiger partial charge >= 0.3 is 0 Å². The summed E-state index contributed by atoms with van der Waals surface area (Å²) in [4.78, 5) is 11.9. The number of hydrogen-bond donors (Lipinski definition) is 1. The zero-order valence-electron chi connectivity index (χ0n) is 12.5. The van der Waals surface area contributed by atoms with Crippen molar-refractivity contribution < 1.29 is 4.79 Å². The number of hydrazone groups is 1. The lowest BCUT2D eigenvalue weighted by Crippen LogP contribution is -2.17. The molecule has 0 radical (unpaired) electrons. The highest BCUT2D eigenvalue weighted by Crippen LogP contribution is 2.13. The summed E-state index contributed by atoms with van der Waals surface area (Å²) in [6.07, 6.45) is 1.59. The maximum Gasteiger partial charge on any atom is 0.271 e. The van der Waals surface area contributed by atoms with Crippen molar-refractivity contribution in [1.82, 2.24) is 10.4 Å². The zero-order valence-corrected chi connectivity index (χ0v) is 12.5. The Hall–Kier alpha value is -3.02. The predicted octanol–water partition coefficient (Wildman–Crippen LogP) is 3.01. The summed E-state index contributed by atoms with van der Waals surface area (Å²) < 4.78 is 0. The first-order chi connectivity index (χ1) is 10.6. The first-order valence-corrected chi connectivity index (χ1v) is 6.72. The van der Waals surface area contributed by atoms with E-state index in [0.717, 1.165) is 5.56 Å². The van der Waals surface area contributed by atoms with E-state index in [0.29, 0.717) is 11.3 Å². The van der Waals surface area contributed by atoms with Crippen LogP contribution in [0.3, 0.4) is 0 Å². The molecule has 0 aliphatic carbocycles. The van der Waals surface area contributed by atoms with Gasteiger partial charge in [-0.2, -0.15) is 5.10 Å². The molecular weight excluding hydrogens is 278 g/mol. The van der Waals surface area contributed by atoms with E-state index in [1.54, 1.807) is 49.6 Å². The topological polar surface area (TPSA) is 69.4 Å². The van der Waals surface area contributed by atoms with Crippen LogP contribution in [0.4, 0.5) is 5.69 Å². The first kappa shape index (κ1) is 15.4. The number of carbonyl (C=O) groups is 1. The number of rotatable bonds is 5. The summed E-state index contributed by atoms with van der Waals surface area (Å²) in [5.74, 6) is -0.275. The van der Waals surface area contributed by atoms with E-state index >= 15 is 0 Å². The van der Waals surface area contributed by atoms with E-state index in [1.807, 2.05) is 30.3 Å². The van der Waals surface area contributed by atoms with Gasteiger partial charge < -0.3 is 0 Å². The molecule has 1 amide bonds. The van der Waals surface area contributed by atoms with Crippen molar-refractivity contribution in [3.63, 3.8) is 0 Å². The molecule has 0 saturated heterocycles. The zero-order chi connectivity index (χ0) is 15.8. The molecule has 112 valence electrons. The second-order valence-electron chi connectivity index (χ2n) is 4.69. The predicted molar refractivity (Wildman–Crippen MR) is 86.1 cm³/mol. The van der Waals surface area contributed by atoms with Crippen LogP contribution in [0.15, 0.2) is 70.0 Å². The van der Waals surface area contributed by atoms with Gasteiger partial charge in [0.15, 0.2) is 0 Å². The van der Waals surface area contributed by atoms with Crippen molar-refractivity contribution in [3.05, 3.63) is 65.7 Å². The molecule has 0 fully saturated rings. The Bertz CT molecular complexity index is 663. The van der Waals surface area contributed by atoms with Gasteiger partial charge in [0.05, 0.1) is 11.9 Å². The summed E-state index contributed by atoms with van der Waals surface area (Å²) in [5, 5.41) is 13.4. The Morgan fingerprint density at radius 3 is 2.36 bits per heavy atom. The van der Waals surface area contributed by atoms with Gasteiger partial charge in [-0.05, 0) is 29.8 Å². The molecule has 1 N–H and O–H groups in total. The Kier molecular flexibility index (Phi) is 5.37. The van der Waals surface area contributed by atoms with Gasteiger partial charge in [-0.3, -0.25) is 9.80 Å². The highest BCUT2D eigenvalue weighted by molar-refractivity contribution is 5.95. The number of amides is 1. The van der Waals surface area contributed by atoms with Crippen LogP contribution >= 0.6 is 0 Å². The molecule has 0 aromatic heterocycles. The average molecular weight is 295 g/mol. The third-order valence-electron chi connectivity index (χ3n) is 2.65. The van der Waals surface area contributed by atoms with Crippen molar-refractivity contribution in [2.24, 2.45) is 15.4 Å².